The van der Waals surface area contributed by atoms with Gasteiger partial charge in [-0.05, 0) is 40.8 Å². The van der Waals surface area contributed by atoms with Gasteiger partial charge in [0.2, 0.25) is 0 Å². The molecular weight excluding hydrogens is 316 g/mol. The summed E-state index contributed by atoms with van der Waals surface area (Å²) in [5.41, 5.74) is 2.65. The van der Waals surface area contributed by atoms with Gasteiger partial charge in [-0.2, -0.15) is 5.10 Å². The van der Waals surface area contributed by atoms with Gasteiger partial charge in [0.15, 0.2) is 0 Å². The summed E-state index contributed by atoms with van der Waals surface area (Å²) in [6.07, 6.45) is 0.730. The highest BCUT2D eigenvalue weighted by Crippen LogP contribution is 2.26. The Labute approximate surface area is 118 Å². The molecule has 0 aliphatic carbocycles. The smallest absolute Gasteiger partial charge is 0.104 e. The SMILES string of the molecule is CCc1nn(CC)c(CC(O)c2csnn2)c1Br. The Morgan fingerprint density at radius 3 is 2.83 bits per heavy atom. The molecule has 18 heavy (non-hydrogen) atoms. The van der Waals surface area contributed by atoms with Crippen LogP contribution in [0.4, 0.5) is 0 Å². The highest BCUT2D eigenvalue weighted by atomic mass is 79.9. The van der Waals surface area contributed by atoms with E-state index < -0.39 is 6.10 Å². The zero-order chi connectivity index (χ0) is 13.1. The molecule has 0 radical (unpaired) electrons. The second-order valence-electron chi connectivity index (χ2n) is 3.93. The van der Waals surface area contributed by atoms with Gasteiger partial charge >= 0.3 is 0 Å². The minimum atomic E-state index is -0.633. The lowest BCUT2D eigenvalue weighted by atomic mass is 10.1. The average Bonchev–Trinajstić information content (AvgIpc) is 2.99. The fraction of sp³-hybridized carbons (Fsp3) is 0.545. The molecule has 0 aromatic carbocycles. The van der Waals surface area contributed by atoms with Crippen LogP contribution in [0.2, 0.25) is 0 Å². The number of halogens is 1. The molecule has 0 saturated heterocycles. The third kappa shape index (κ3) is 2.62. The van der Waals surface area contributed by atoms with E-state index >= 15 is 0 Å². The van der Waals surface area contributed by atoms with Crippen molar-refractivity contribution in [1.29, 1.82) is 0 Å². The molecule has 1 unspecified atom stereocenters. The van der Waals surface area contributed by atoms with Gasteiger partial charge in [-0.3, -0.25) is 4.68 Å². The molecule has 2 rings (SSSR count). The maximum Gasteiger partial charge on any atom is 0.104 e. The van der Waals surface area contributed by atoms with Crippen molar-refractivity contribution in [3.63, 3.8) is 0 Å². The molecule has 0 amide bonds. The highest BCUT2D eigenvalue weighted by Gasteiger charge is 2.19. The molecule has 0 bridgehead atoms. The number of hydrogen-bond donors (Lipinski definition) is 1. The maximum atomic E-state index is 10.1. The summed E-state index contributed by atoms with van der Waals surface area (Å²) in [5.74, 6) is 0. The van der Waals surface area contributed by atoms with Crippen LogP contribution in [0, 0.1) is 0 Å². The number of aliphatic hydroxyl groups excluding tert-OH is 1. The molecule has 7 heteroatoms. The van der Waals surface area contributed by atoms with Gasteiger partial charge in [-0.1, -0.05) is 11.4 Å². The van der Waals surface area contributed by atoms with E-state index in [-0.39, 0.29) is 0 Å². The van der Waals surface area contributed by atoms with E-state index in [1.807, 2.05) is 11.6 Å². The van der Waals surface area contributed by atoms with E-state index in [0.717, 1.165) is 28.8 Å². The third-order valence-corrected chi connectivity index (χ3v) is 4.24. The Balaban J connectivity index is 2.25. The molecule has 1 N–H and O–H groups in total. The predicted octanol–water partition coefficient (Wildman–Crippen LogP) is 2.36. The molecule has 1 atom stereocenters. The first-order valence-corrected chi connectivity index (χ1v) is 7.49. The minimum Gasteiger partial charge on any atom is -0.386 e. The molecule has 2 aromatic heterocycles. The fourth-order valence-electron chi connectivity index (χ4n) is 1.82. The van der Waals surface area contributed by atoms with Crippen LogP contribution in [-0.2, 0) is 19.4 Å². The van der Waals surface area contributed by atoms with E-state index in [9.17, 15) is 5.11 Å². The monoisotopic (exact) mass is 330 g/mol. The summed E-state index contributed by atoms with van der Waals surface area (Å²) >= 11 is 4.81. The van der Waals surface area contributed by atoms with Crippen LogP contribution in [0.25, 0.3) is 0 Å². The number of aliphatic hydroxyl groups is 1. The first-order chi connectivity index (χ1) is 8.67. The molecule has 0 saturated carbocycles. The number of aromatic nitrogens is 4. The van der Waals surface area contributed by atoms with Gasteiger partial charge in [0, 0.05) is 18.3 Å². The number of aryl methyl sites for hydroxylation is 2. The summed E-state index contributed by atoms with van der Waals surface area (Å²) < 4.78 is 6.69. The van der Waals surface area contributed by atoms with Gasteiger partial charge in [0.05, 0.1) is 15.9 Å². The largest absolute Gasteiger partial charge is 0.386 e. The first-order valence-electron chi connectivity index (χ1n) is 5.86. The van der Waals surface area contributed by atoms with Gasteiger partial charge in [-0.15, -0.1) is 5.10 Å². The molecule has 0 fully saturated rings. The van der Waals surface area contributed by atoms with Crippen LogP contribution in [0.15, 0.2) is 9.85 Å². The summed E-state index contributed by atoms with van der Waals surface area (Å²) in [7, 11) is 0. The Kier molecular flexibility index (Phi) is 4.47. The second kappa shape index (κ2) is 5.90. The van der Waals surface area contributed by atoms with Crippen LogP contribution >= 0.6 is 27.5 Å². The molecular formula is C11H15BrN4OS. The van der Waals surface area contributed by atoms with E-state index in [2.05, 4.69) is 37.5 Å². The van der Waals surface area contributed by atoms with Crippen LogP contribution < -0.4 is 0 Å². The summed E-state index contributed by atoms with van der Waals surface area (Å²) in [5, 5.41) is 20.3. The van der Waals surface area contributed by atoms with Gasteiger partial charge in [-0.25, -0.2) is 0 Å². The quantitative estimate of drug-likeness (QED) is 0.913. The lowest BCUT2D eigenvalue weighted by Gasteiger charge is -2.09. The number of nitrogens with zero attached hydrogens (tertiary/aromatic N) is 4. The van der Waals surface area contributed by atoms with E-state index in [0.29, 0.717) is 12.1 Å². The highest BCUT2D eigenvalue weighted by molar-refractivity contribution is 9.10. The molecule has 0 aliphatic heterocycles. The molecule has 2 aromatic rings. The molecule has 98 valence electrons. The molecule has 5 nitrogen and oxygen atoms in total. The first kappa shape index (κ1) is 13.6. The number of rotatable bonds is 5. The minimum absolute atomic E-state index is 0.493. The standard InChI is InChI=1S/C11H15BrN4OS/c1-3-7-11(12)9(16(4-2)14-7)5-10(17)8-6-18-15-13-8/h6,10,17H,3-5H2,1-2H3. The molecule has 0 aliphatic rings. The summed E-state index contributed by atoms with van der Waals surface area (Å²) in [6, 6.07) is 0. The zero-order valence-electron chi connectivity index (χ0n) is 10.3. The van der Waals surface area contributed by atoms with Crippen molar-refractivity contribution in [2.75, 3.05) is 0 Å². The van der Waals surface area contributed by atoms with Crippen LogP contribution in [0.1, 0.15) is 37.0 Å². The summed E-state index contributed by atoms with van der Waals surface area (Å²) in [6.45, 7) is 4.90. The van der Waals surface area contributed by atoms with E-state index in [1.54, 1.807) is 5.38 Å². The van der Waals surface area contributed by atoms with E-state index in [4.69, 9.17) is 0 Å². The normalized spacial score (nSPS) is 12.9. The van der Waals surface area contributed by atoms with Crippen molar-refractivity contribution in [2.24, 2.45) is 0 Å². The second-order valence-corrected chi connectivity index (χ2v) is 5.33. The third-order valence-electron chi connectivity index (χ3n) is 2.80. The van der Waals surface area contributed by atoms with Gasteiger partial charge in [0.1, 0.15) is 11.8 Å². The van der Waals surface area contributed by atoms with Crippen molar-refractivity contribution < 1.29 is 5.11 Å². The predicted molar refractivity (Wildman–Crippen MR) is 73.6 cm³/mol. The topological polar surface area (TPSA) is 63.8 Å². The molecule has 0 spiro atoms. The van der Waals surface area contributed by atoms with Crippen molar-refractivity contribution in [2.45, 2.75) is 39.3 Å². The lowest BCUT2D eigenvalue weighted by molar-refractivity contribution is 0.170. The molecule has 2 heterocycles. The average molecular weight is 331 g/mol. The Morgan fingerprint density at radius 2 is 2.28 bits per heavy atom. The fourth-order valence-corrected chi connectivity index (χ4v) is 3.04. The van der Waals surface area contributed by atoms with Crippen LogP contribution in [0.3, 0.4) is 0 Å². The maximum absolute atomic E-state index is 10.1. The number of hydrogen-bond acceptors (Lipinski definition) is 5. The van der Waals surface area contributed by atoms with E-state index in [1.165, 1.54) is 11.5 Å². The van der Waals surface area contributed by atoms with Gasteiger partial charge < -0.3 is 5.11 Å². The Hall–Kier alpha value is -0.790. The van der Waals surface area contributed by atoms with Gasteiger partial charge in [0.25, 0.3) is 0 Å². The van der Waals surface area contributed by atoms with Crippen LogP contribution in [-0.4, -0.2) is 24.5 Å². The van der Waals surface area contributed by atoms with Crippen molar-refractivity contribution in [3.8, 4) is 0 Å². The van der Waals surface area contributed by atoms with Crippen LogP contribution in [0.5, 0.6) is 0 Å². The lowest BCUT2D eigenvalue weighted by Crippen LogP contribution is -2.09. The van der Waals surface area contributed by atoms with Crippen molar-refractivity contribution in [1.82, 2.24) is 19.4 Å². The Bertz CT molecular complexity index is 511. The zero-order valence-corrected chi connectivity index (χ0v) is 12.7. The summed E-state index contributed by atoms with van der Waals surface area (Å²) in [4.78, 5) is 0. The van der Waals surface area contributed by atoms with Crippen molar-refractivity contribution >= 4 is 27.5 Å². The Morgan fingerprint density at radius 1 is 1.50 bits per heavy atom. The van der Waals surface area contributed by atoms with Crippen molar-refractivity contribution in [3.05, 3.63) is 26.9 Å².